The molecule has 0 spiro atoms. The molecule has 3 heteroatoms. The first-order valence-electron chi connectivity index (χ1n) is 7.65. The van der Waals surface area contributed by atoms with Crippen molar-refractivity contribution in [2.24, 2.45) is 11.8 Å². The van der Waals surface area contributed by atoms with Gasteiger partial charge in [-0.3, -0.25) is 4.79 Å². The molecule has 2 fully saturated rings. The van der Waals surface area contributed by atoms with Crippen molar-refractivity contribution in [1.82, 2.24) is 5.32 Å². The Labute approximate surface area is 125 Å². The molecule has 3 rings (SSSR count). The van der Waals surface area contributed by atoms with Crippen LogP contribution in [-0.4, -0.2) is 17.2 Å². The highest BCUT2D eigenvalue weighted by molar-refractivity contribution is 8.00. The Morgan fingerprint density at radius 2 is 2.00 bits per heavy atom. The maximum Gasteiger partial charge on any atom is 0.233 e. The molecule has 4 atom stereocenters. The minimum absolute atomic E-state index is 0.0168. The summed E-state index contributed by atoms with van der Waals surface area (Å²) >= 11 is 1.65. The molecule has 0 radical (unpaired) electrons. The van der Waals surface area contributed by atoms with Crippen LogP contribution < -0.4 is 5.32 Å². The van der Waals surface area contributed by atoms with E-state index in [2.05, 4.69) is 36.5 Å². The van der Waals surface area contributed by atoms with E-state index in [4.69, 9.17) is 0 Å². The second-order valence-corrected chi connectivity index (χ2v) is 7.78. The van der Waals surface area contributed by atoms with E-state index >= 15 is 0 Å². The lowest BCUT2D eigenvalue weighted by atomic mass is 9.95. The summed E-state index contributed by atoms with van der Waals surface area (Å²) in [7, 11) is 0. The van der Waals surface area contributed by atoms with Gasteiger partial charge in [0.05, 0.1) is 5.25 Å². The molecular formula is C17H23NOS. The molecule has 0 unspecified atom stereocenters. The van der Waals surface area contributed by atoms with Gasteiger partial charge in [-0.05, 0) is 57.1 Å². The van der Waals surface area contributed by atoms with Crippen molar-refractivity contribution in [2.75, 3.05) is 0 Å². The van der Waals surface area contributed by atoms with Gasteiger partial charge < -0.3 is 5.32 Å². The summed E-state index contributed by atoms with van der Waals surface area (Å²) in [5.41, 5.74) is 1.26. The van der Waals surface area contributed by atoms with Gasteiger partial charge in [0.2, 0.25) is 5.91 Å². The molecule has 0 aliphatic heterocycles. The SMILES string of the molecule is Cc1ccc(S[C@@H](C)C(=O)N[C@@H]2C[C@H]3CC[C@@H]2C3)cc1. The topological polar surface area (TPSA) is 29.1 Å². The van der Waals surface area contributed by atoms with Crippen LogP contribution in [0.5, 0.6) is 0 Å². The van der Waals surface area contributed by atoms with Crippen molar-refractivity contribution in [3.8, 4) is 0 Å². The molecular weight excluding hydrogens is 266 g/mol. The van der Waals surface area contributed by atoms with Gasteiger partial charge in [0.1, 0.15) is 0 Å². The molecule has 0 saturated heterocycles. The highest BCUT2D eigenvalue weighted by Gasteiger charge is 2.40. The Balaban J connectivity index is 1.53. The van der Waals surface area contributed by atoms with Crippen LogP contribution in [0.3, 0.4) is 0 Å². The summed E-state index contributed by atoms with van der Waals surface area (Å²) in [6.45, 7) is 4.09. The molecule has 2 nitrogen and oxygen atoms in total. The van der Waals surface area contributed by atoms with Gasteiger partial charge >= 0.3 is 0 Å². The van der Waals surface area contributed by atoms with E-state index in [1.54, 1.807) is 11.8 Å². The van der Waals surface area contributed by atoms with Crippen molar-refractivity contribution in [3.63, 3.8) is 0 Å². The predicted molar refractivity (Wildman–Crippen MR) is 83.9 cm³/mol. The van der Waals surface area contributed by atoms with E-state index in [0.29, 0.717) is 6.04 Å². The van der Waals surface area contributed by atoms with Gasteiger partial charge in [-0.25, -0.2) is 0 Å². The molecule has 0 aromatic heterocycles. The molecule has 1 aromatic carbocycles. The van der Waals surface area contributed by atoms with Crippen LogP contribution in [0.4, 0.5) is 0 Å². The van der Waals surface area contributed by atoms with E-state index < -0.39 is 0 Å². The molecule has 108 valence electrons. The summed E-state index contributed by atoms with van der Waals surface area (Å²) in [6, 6.07) is 8.84. The number of hydrogen-bond donors (Lipinski definition) is 1. The minimum Gasteiger partial charge on any atom is -0.352 e. The third-order valence-corrected chi connectivity index (χ3v) is 5.88. The van der Waals surface area contributed by atoms with Gasteiger partial charge in [0, 0.05) is 10.9 Å². The number of rotatable bonds is 4. The van der Waals surface area contributed by atoms with E-state index in [1.807, 2.05) is 6.92 Å². The maximum absolute atomic E-state index is 12.3. The number of carbonyl (C=O) groups excluding carboxylic acids is 1. The van der Waals surface area contributed by atoms with Crippen LogP contribution in [-0.2, 0) is 4.79 Å². The predicted octanol–water partition coefficient (Wildman–Crippen LogP) is 3.78. The highest BCUT2D eigenvalue weighted by atomic mass is 32.2. The first-order valence-corrected chi connectivity index (χ1v) is 8.53. The summed E-state index contributed by atoms with van der Waals surface area (Å²) in [6.07, 6.45) is 5.24. The van der Waals surface area contributed by atoms with Crippen molar-refractivity contribution in [3.05, 3.63) is 29.8 Å². The molecule has 2 saturated carbocycles. The molecule has 1 N–H and O–H groups in total. The fourth-order valence-corrected chi connectivity index (χ4v) is 4.47. The molecule has 2 aliphatic carbocycles. The summed E-state index contributed by atoms with van der Waals surface area (Å²) in [4.78, 5) is 13.5. The van der Waals surface area contributed by atoms with Gasteiger partial charge in [-0.2, -0.15) is 0 Å². The molecule has 0 heterocycles. The third kappa shape index (κ3) is 3.03. The van der Waals surface area contributed by atoms with Crippen molar-refractivity contribution >= 4 is 17.7 Å². The van der Waals surface area contributed by atoms with E-state index in [0.717, 1.165) is 11.8 Å². The molecule has 2 aliphatic rings. The Hall–Kier alpha value is -0.960. The van der Waals surface area contributed by atoms with Gasteiger partial charge in [-0.1, -0.05) is 24.1 Å². The van der Waals surface area contributed by atoms with E-state index in [-0.39, 0.29) is 11.2 Å². The van der Waals surface area contributed by atoms with Crippen LogP contribution in [0.1, 0.15) is 38.2 Å². The maximum atomic E-state index is 12.3. The summed E-state index contributed by atoms with van der Waals surface area (Å²) < 4.78 is 0. The lowest BCUT2D eigenvalue weighted by molar-refractivity contribution is -0.121. The van der Waals surface area contributed by atoms with Crippen molar-refractivity contribution in [1.29, 1.82) is 0 Å². The lowest BCUT2D eigenvalue weighted by Crippen LogP contribution is -2.42. The normalized spacial score (nSPS) is 29.4. The van der Waals surface area contributed by atoms with Crippen LogP contribution in [0.2, 0.25) is 0 Å². The standard InChI is InChI=1S/C17H23NOS/c1-11-3-7-15(8-4-11)20-12(2)17(19)18-16-10-13-5-6-14(16)9-13/h3-4,7-8,12-14,16H,5-6,9-10H2,1-2H3,(H,18,19)/t12-,13-,14+,16+/m0/s1. The third-order valence-electron chi connectivity index (χ3n) is 4.77. The highest BCUT2D eigenvalue weighted by Crippen LogP contribution is 2.44. The first kappa shape index (κ1) is 14.0. The van der Waals surface area contributed by atoms with Crippen LogP contribution >= 0.6 is 11.8 Å². The summed E-state index contributed by atoms with van der Waals surface area (Å²) in [5.74, 6) is 1.83. The smallest absolute Gasteiger partial charge is 0.233 e. The van der Waals surface area contributed by atoms with Gasteiger partial charge in [-0.15, -0.1) is 11.8 Å². The molecule has 1 aromatic rings. The zero-order valence-corrected chi connectivity index (χ0v) is 13.1. The number of thioether (sulfide) groups is 1. The van der Waals surface area contributed by atoms with Crippen LogP contribution in [0.15, 0.2) is 29.2 Å². The van der Waals surface area contributed by atoms with Gasteiger partial charge in [0.25, 0.3) is 0 Å². The number of carbonyl (C=O) groups is 1. The monoisotopic (exact) mass is 289 g/mol. The quantitative estimate of drug-likeness (QED) is 0.855. The minimum atomic E-state index is -0.0168. The van der Waals surface area contributed by atoms with Crippen molar-refractivity contribution < 1.29 is 4.79 Å². The van der Waals surface area contributed by atoms with Crippen LogP contribution in [0.25, 0.3) is 0 Å². The average molecular weight is 289 g/mol. The number of benzene rings is 1. The van der Waals surface area contributed by atoms with Gasteiger partial charge in [0.15, 0.2) is 0 Å². The lowest BCUT2D eigenvalue weighted by Gasteiger charge is -2.24. The Bertz CT molecular complexity index is 484. The Kier molecular flexibility index (Phi) is 4.06. The van der Waals surface area contributed by atoms with E-state index in [9.17, 15) is 4.79 Å². The zero-order valence-electron chi connectivity index (χ0n) is 12.3. The Morgan fingerprint density at radius 1 is 1.25 bits per heavy atom. The number of aryl methyl sites for hydroxylation is 1. The van der Waals surface area contributed by atoms with Crippen LogP contribution in [0, 0.1) is 18.8 Å². The summed E-state index contributed by atoms with van der Waals surface area (Å²) in [5, 5.41) is 3.27. The Morgan fingerprint density at radius 3 is 2.60 bits per heavy atom. The van der Waals surface area contributed by atoms with E-state index in [1.165, 1.54) is 36.1 Å². The average Bonchev–Trinajstić information content (AvgIpc) is 3.03. The fraction of sp³-hybridized carbons (Fsp3) is 0.588. The molecule has 1 amide bonds. The number of amides is 1. The number of hydrogen-bond acceptors (Lipinski definition) is 2. The largest absolute Gasteiger partial charge is 0.352 e. The zero-order chi connectivity index (χ0) is 14.1. The molecule has 20 heavy (non-hydrogen) atoms. The fourth-order valence-electron chi connectivity index (χ4n) is 3.60. The second kappa shape index (κ2) is 5.80. The second-order valence-electron chi connectivity index (χ2n) is 6.36. The number of nitrogens with one attached hydrogen (secondary N) is 1. The van der Waals surface area contributed by atoms with Crippen molar-refractivity contribution in [2.45, 2.75) is 55.7 Å². The number of fused-ring (bicyclic) bond motifs is 2. The first-order chi connectivity index (χ1) is 9.61. The molecule has 2 bridgehead atoms.